The molecule has 0 saturated carbocycles. The first-order chi connectivity index (χ1) is 15.6. The van der Waals surface area contributed by atoms with Crippen LogP contribution in [0.25, 0.3) is 0 Å². The second kappa shape index (κ2) is 16.7. The predicted molar refractivity (Wildman–Crippen MR) is 125 cm³/mol. The maximum Gasteiger partial charge on any atom is 0.326 e. The average Bonchev–Trinajstić information content (AvgIpc) is 2.77. The Morgan fingerprint density at radius 3 is 2.00 bits per heavy atom. The molecule has 4 unspecified atom stereocenters. The third-order valence-corrected chi connectivity index (χ3v) is 5.14. The molecule has 0 aliphatic heterocycles. The van der Waals surface area contributed by atoms with E-state index >= 15 is 0 Å². The lowest BCUT2D eigenvalue weighted by Gasteiger charge is -2.26. The highest BCUT2D eigenvalue weighted by Gasteiger charge is 2.31. The summed E-state index contributed by atoms with van der Waals surface area (Å²) in [6.07, 6.45) is 2.56. The van der Waals surface area contributed by atoms with E-state index in [1.165, 1.54) is 0 Å². The van der Waals surface area contributed by atoms with Gasteiger partial charge in [0.15, 0.2) is 5.96 Å². The van der Waals surface area contributed by atoms with Crippen molar-refractivity contribution >= 4 is 29.7 Å². The summed E-state index contributed by atoms with van der Waals surface area (Å²) in [5, 5.41) is 17.1. The van der Waals surface area contributed by atoms with Crippen LogP contribution in [0.4, 0.5) is 0 Å². The van der Waals surface area contributed by atoms with E-state index in [1.54, 1.807) is 6.92 Å². The minimum Gasteiger partial charge on any atom is -0.480 e. The van der Waals surface area contributed by atoms with Gasteiger partial charge < -0.3 is 44.0 Å². The third-order valence-electron chi connectivity index (χ3n) is 5.14. The van der Waals surface area contributed by atoms with Crippen molar-refractivity contribution in [1.29, 1.82) is 0 Å². The molecule has 0 radical (unpaired) electrons. The number of carboxylic acid groups (broad SMARTS) is 1. The molecule has 0 aromatic rings. The van der Waals surface area contributed by atoms with Crippen LogP contribution in [0.3, 0.4) is 0 Å². The molecule has 0 bridgehead atoms. The van der Waals surface area contributed by atoms with Gasteiger partial charge in [0, 0.05) is 6.54 Å². The molecule has 0 aliphatic carbocycles. The number of nitrogens with one attached hydrogen (secondary N) is 3. The summed E-state index contributed by atoms with van der Waals surface area (Å²) in [6, 6.07) is -3.06. The third kappa shape index (κ3) is 12.6. The summed E-state index contributed by atoms with van der Waals surface area (Å²) in [7, 11) is 0. The number of aliphatic carboxylic acids is 1. The standard InChI is InChI=1S/C20H40N8O5/c1-3-12(2)16(19(32)33)28-18(31)14(7-4-5-9-21)27-17(30)13(26-15(29)11-22)8-6-10-25-20(23)24/h12-14,16H,3-11,21-22H2,1-2H3,(H,26,29)(H,27,30)(H,28,31)(H,32,33)(H4,23,24,25). The number of rotatable bonds is 17. The van der Waals surface area contributed by atoms with Gasteiger partial charge in [-0.2, -0.15) is 0 Å². The van der Waals surface area contributed by atoms with Crippen LogP contribution in [0.2, 0.25) is 0 Å². The van der Waals surface area contributed by atoms with Crippen molar-refractivity contribution in [3.63, 3.8) is 0 Å². The first kappa shape index (κ1) is 30.1. The minimum absolute atomic E-state index is 0.0899. The number of guanidine groups is 1. The zero-order valence-corrected chi connectivity index (χ0v) is 19.5. The van der Waals surface area contributed by atoms with Crippen molar-refractivity contribution in [2.75, 3.05) is 19.6 Å². The lowest BCUT2D eigenvalue weighted by Crippen LogP contribution is -2.57. The fraction of sp³-hybridized carbons (Fsp3) is 0.750. The topological polar surface area (TPSA) is 241 Å². The van der Waals surface area contributed by atoms with Gasteiger partial charge in [-0.25, -0.2) is 4.79 Å². The Morgan fingerprint density at radius 1 is 0.909 bits per heavy atom. The second-order valence-corrected chi connectivity index (χ2v) is 7.83. The number of hydrogen-bond acceptors (Lipinski definition) is 7. The van der Waals surface area contributed by atoms with Crippen molar-refractivity contribution in [3.8, 4) is 0 Å². The number of nitrogens with two attached hydrogens (primary N) is 4. The summed E-state index contributed by atoms with van der Waals surface area (Å²) in [4.78, 5) is 53.0. The maximum atomic E-state index is 12.9. The van der Waals surface area contributed by atoms with Gasteiger partial charge in [0.25, 0.3) is 0 Å². The van der Waals surface area contributed by atoms with E-state index in [-0.39, 0.29) is 37.8 Å². The number of unbranched alkanes of at least 4 members (excludes halogenated alkanes) is 1. The number of nitrogens with zero attached hydrogens (tertiary/aromatic N) is 1. The number of carbonyl (C=O) groups excluding carboxylic acids is 3. The van der Waals surface area contributed by atoms with Gasteiger partial charge in [-0.15, -0.1) is 0 Å². The van der Waals surface area contributed by atoms with E-state index < -0.39 is 41.8 Å². The minimum atomic E-state index is -1.16. The van der Waals surface area contributed by atoms with Crippen LogP contribution >= 0.6 is 0 Å². The van der Waals surface area contributed by atoms with Crippen molar-refractivity contribution in [1.82, 2.24) is 16.0 Å². The normalized spacial score (nSPS) is 14.3. The van der Waals surface area contributed by atoms with E-state index in [0.29, 0.717) is 32.2 Å². The SMILES string of the molecule is CCC(C)C(NC(=O)C(CCCCN)NC(=O)C(CCCN=C(N)N)NC(=O)CN)C(=O)O. The van der Waals surface area contributed by atoms with Gasteiger partial charge >= 0.3 is 5.97 Å². The lowest BCUT2D eigenvalue weighted by atomic mass is 9.98. The Morgan fingerprint density at radius 2 is 1.48 bits per heavy atom. The number of amides is 3. The quantitative estimate of drug-likeness (QED) is 0.0644. The molecule has 4 atom stereocenters. The van der Waals surface area contributed by atoms with E-state index in [9.17, 15) is 24.3 Å². The van der Waals surface area contributed by atoms with Gasteiger partial charge in [-0.3, -0.25) is 19.4 Å². The van der Waals surface area contributed by atoms with Crippen LogP contribution in [0.1, 0.15) is 52.4 Å². The zero-order chi connectivity index (χ0) is 25.4. The Labute approximate surface area is 194 Å². The Bertz CT molecular complexity index is 669. The molecule has 0 spiro atoms. The van der Waals surface area contributed by atoms with Crippen LogP contribution in [-0.2, 0) is 19.2 Å². The van der Waals surface area contributed by atoms with E-state index in [0.717, 1.165) is 0 Å². The summed E-state index contributed by atoms with van der Waals surface area (Å²) in [5.74, 6) is -3.30. The second-order valence-electron chi connectivity index (χ2n) is 7.83. The van der Waals surface area contributed by atoms with Crippen LogP contribution in [0.5, 0.6) is 0 Å². The van der Waals surface area contributed by atoms with Crippen LogP contribution in [0.15, 0.2) is 4.99 Å². The highest BCUT2D eigenvalue weighted by molar-refractivity contribution is 5.93. The first-order valence-corrected chi connectivity index (χ1v) is 11.2. The van der Waals surface area contributed by atoms with Crippen molar-refractivity contribution in [2.24, 2.45) is 33.8 Å². The summed E-state index contributed by atoms with van der Waals surface area (Å²) < 4.78 is 0. The molecule has 0 aromatic carbocycles. The first-order valence-electron chi connectivity index (χ1n) is 11.2. The van der Waals surface area contributed by atoms with Crippen molar-refractivity contribution in [3.05, 3.63) is 0 Å². The predicted octanol–water partition coefficient (Wildman–Crippen LogP) is -2.29. The summed E-state index contributed by atoms with van der Waals surface area (Å²) >= 11 is 0. The number of aliphatic imine (C=N–C) groups is 1. The Kier molecular flexibility index (Phi) is 15.2. The molecule has 0 aromatic heterocycles. The fourth-order valence-corrected chi connectivity index (χ4v) is 3.00. The van der Waals surface area contributed by atoms with E-state index in [4.69, 9.17) is 22.9 Å². The molecule has 0 heterocycles. The largest absolute Gasteiger partial charge is 0.480 e. The molecule has 13 heteroatoms. The monoisotopic (exact) mass is 472 g/mol. The molecule has 190 valence electrons. The van der Waals surface area contributed by atoms with E-state index in [1.807, 2.05) is 6.92 Å². The molecule has 0 rings (SSSR count). The highest BCUT2D eigenvalue weighted by Crippen LogP contribution is 2.10. The smallest absolute Gasteiger partial charge is 0.326 e. The molecule has 13 nitrogen and oxygen atoms in total. The Hall–Kier alpha value is -2.93. The molecular formula is C20H40N8O5. The van der Waals surface area contributed by atoms with Crippen molar-refractivity contribution in [2.45, 2.75) is 70.5 Å². The highest BCUT2D eigenvalue weighted by atomic mass is 16.4. The van der Waals surface area contributed by atoms with Gasteiger partial charge in [-0.1, -0.05) is 20.3 Å². The summed E-state index contributed by atoms with van der Waals surface area (Å²) in [6.45, 7) is 3.89. The van der Waals surface area contributed by atoms with Gasteiger partial charge in [-0.05, 0) is 44.6 Å². The molecule has 0 aliphatic rings. The number of carboxylic acids is 1. The van der Waals surface area contributed by atoms with Gasteiger partial charge in [0.2, 0.25) is 17.7 Å². The molecule has 33 heavy (non-hydrogen) atoms. The number of hydrogen-bond donors (Lipinski definition) is 8. The molecular weight excluding hydrogens is 432 g/mol. The fourth-order valence-electron chi connectivity index (χ4n) is 3.00. The Balaban J connectivity index is 5.43. The van der Waals surface area contributed by atoms with E-state index in [2.05, 4.69) is 20.9 Å². The van der Waals surface area contributed by atoms with Crippen molar-refractivity contribution < 1.29 is 24.3 Å². The van der Waals surface area contributed by atoms with Gasteiger partial charge in [0.05, 0.1) is 6.54 Å². The van der Waals surface area contributed by atoms with Crippen LogP contribution < -0.4 is 38.9 Å². The maximum absolute atomic E-state index is 12.9. The lowest BCUT2D eigenvalue weighted by molar-refractivity contribution is -0.144. The van der Waals surface area contributed by atoms with Crippen LogP contribution in [-0.4, -0.2) is 72.5 Å². The molecule has 0 saturated heterocycles. The molecule has 12 N–H and O–H groups in total. The molecule has 0 fully saturated rings. The number of carbonyl (C=O) groups is 4. The van der Waals surface area contributed by atoms with Gasteiger partial charge in [0.1, 0.15) is 18.1 Å². The van der Waals surface area contributed by atoms with Crippen LogP contribution in [0, 0.1) is 5.92 Å². The molecule has 3 amide bonds. The zero-order valence-electron chi connectivity index (χ0n) is 19.5. The summed E-state index contributed by atoms with van der Waals surface area (Å²) in [5.41, 5.74) is 21.4. The average molecular weight is 473 g/mol.